The number of H-pyrrole nitrogens is 1. The van der Waals surface area contributed by atoms with Crippen LogP contribution in [0.15, 0.2) is 23.6 Å². The van der Waals surface area contributed by atoms with Crippen molar-refractivity contribution in [1.82, 2.24) is 20.0 Å². The summed E-state index contributed by atoms with van der Waals surface area (Å²) in [6, 6.07) is 5.76. The first kappa shape index (κ1) is 16.7. The number of nitrogens with one attached hydrogen (secondary N) is 1. The molecule has 6 nitrogen and oxygen atoms in total. The van der Waals surface area contributed by atoms with E-state index in [4.69, 9.17) is 0 Å². The third kappa shape index (κ3) is 3.67. The SMILES string of the molecule is CC(C)CC(=O)N1CCN(C(=O)c2cc(-c3cccs3)[nH]n2)CC1. The molecule has 7 heteroatoms. The van der Waals surface area contributed by atoms with E-state index in [0.717, 1.165) is 10.6 Å². The van der Waals surface area contributed by atoms with Crippen LogP contribution in [0.25, 0.3) is 10.6 Å². The molecule has 1 N–H and O–H groups in total. The maximum atomic E-state index is 12.6. The van der Waals surface area contributed by atoms with Crippen LogP contribution in [0.2, 0.25) is 0 Å². The largest absolute Gasteiger partial charge is 0.339 e. The molecule has 2 aromatic heterocycles. The van der Waals surface area contributed by atoms with Crippen molar-refractivity contribution in [3.05, 3.63) is 29.3 Å². The average Bonchev–Trinajstić information content (AvgIpc) is 3.24. The molecule has 2 amide bonds. The molecule has 1 aliphatic heterocycles. The van der Waals surface area contributed by atoms with Crippen LogP contribution in [-0.2, 0) is 4.79 Å². The smallest absolute Gasteiger partial charge is 0.274 e. The summed E-state index contributed by atoms with van der Waals surface area (Å²) in [5.74, 6) is 0.457. The van der Waals surface area contributed by atoms with Crippen LogP contribution in [0.1, 0.15) is 30.8 Å². The van der Waals surface area contributed by atoms with Gasteiger partial charge in [0.25, 0.3) is 5.91 Å². The Morgan fingerprint density at radius 3 is 2.58 bits per heavy atom. The molecule has 0 atom stereocenters. The van der Waals surface area contributed by atoms with E-state index >= 15 is 0 Å². The van der Waals surface area contributed by atoms with Crippen LogP contribution in [0.4, 0.5) is 0 Å². The van der Waals surface area contributed by atoms with Crippen LogP contribution < -0.4 is 0 Å². The molecule has 3 rings (SSSR count). The molecule has 1 saturated heterocycles. The van der Waals surface area contributed by atoms with Gasteiger partial charge in [0.1, 0.15) is 0 Å². The van der Waals surface area contributed by atoms with E-state index in [1.165, 1.54) is 0 Å². The van der Waals surface area contributed by atoms with Crippen LogP contribution in [0, 0.1) is 5.92 Å². The molecule has 1 fully saturated rings. The van der Waals surface area contributed by atoms with Gasteiger partial charge in [-0.1, -0.05) is 19.9 Å². The van der Waals surface area contributed by atoms with E-state index in [1.807, 2.05) is 36.3 Å². The average molecular weight is 346 g/mol. The second-order valence-corrected chi connectivity index (χ2v) is 7.36. The first-order valence-electron chi connectivity index (χ1n) is 8.21. The second-order valence-electron chi connectivity index (χ2n) is 6.42. The number of rotatable bonds is 4. The lowest BCUT2D eigenvalue weighted by atomic mass is 10.1. The molecule has 3 heterocycles. The maximum Gasteiger partial charge on any atom is 0.274 e. The maximum absolute atomic E-state index is 12.6. The predicted octanol–water partition coefficient (Wildman–Crippen LogP) is 2.47. The predicted molar refractivity (Wildman–Crippen MR) is 93.8 cm³/mol. The topological polar surface area (TPSA) is 69.3 Å². The highest BCUT2D eigenvalue weighted by Crippen LogP contribution is 2.23. The van der Waals surface area contributed by atoms with Crippen molar-refractivity contribution in [1.29, 1.82) is 0 Å². The number of aromatic nitrogens is 2. The minimum atomic E-state index is -0.0787. The Labute approximate surface area is 145 Å². The molecular formula is C17H22N4O2S. The highest BCUT2D eigenvalue weighted by Gasteiger charge is 2.26. The molecule has 0 unspecified atom stereocenters. The summed E-state index contributed by atoms with van der Waals surface area (Å²) in [6.07, 6.45) is 0.567. The van der Waals surface area contributed by atoms with Gasteiger partial charge in [-0.15, -0.1) is 11.3 Å². The highest BCUT2D eigenvalue weighted by molar-refractivity contribution is 7.13. The molecule has 0 saturated carbocycles. The van der Waals surface area contributed by atoms with E-state index < -0.39 is 0 Å². The van der Waals surface area contributed by atoms with Crippen molar-refractivity contribution in [3.63, 3.8) is 0 Å². The van der Waals surface area contributed by atoms with Crippen molar-refractivity contribution >= 4 is 23.2 Å². The number of carbonyl (C=O) groups excluding carboxylic acids is 2. The van der Waals surface area contributed by atoms with Gasteiger partial charge in [-0.2, -0.15) is 5.10 Å². The van der Waals surface area contributed by atoms with E-state index in [2.05, 4.69) is 10.2 Å². The van der Waals surface area contributed by atoms with Crippen molar-refractivity contribution < 1.29 is 9.59 Å². The normalized spacial score (nSPS) is 15.1. The summed E-state index contributed by atoms with van der Waals surface area (Å²) in [7, 11) is 0. The highest BCUT2D eigenvalue weighted by atomic mass is 32.1. The lowest BCUT2D eigenvalue weighted by Gasteiger charge is -2.34. The van der Waals surface area contributed by atoms with Crippen molar-refractivity contribution in [2.45, 2.75) is 20.3 Å². The molecule has 2 aromatic rings. The Morgan fingerprint density at radius 2 is 1.96 bits per heavy atom. The first-order valence-corrected chi connectivity index (χ1v) is 9.09. The minimum absolute atomic E-state index is 0.0787. The fourth-order valence-electron chi connectivity index (χ4n) is 2.79. The number of aromatic amines is 1. The molecular weight excluding hydrogens is 324 g/mol. The standard InChI is InChI=1S/C17H22N4O2S/c1-12(2)10-16(22)20-5-7-21(8-6-20)17(23)14-11-13(18-19-14)15-4-3-9-24-15/h3-4,9,11-12H,5-8,10H2,1-2H3,(H,18,19). The summed E-state index contributed by atoms with van der Waals surface area (Å²) in [5.41, 5.74) is 1.29. The summed E-state index contributed by atoms with van der Waals surface area (Å²) in [4.78, 5) is 29.4. The van der Waals surface area contributed by atoms with Gasteiger partial charge in [-0.05, 0) is 23.4 Å². The van der Waals surface area contributed by atoms with Crippen LogP contribution in [0.5, 0.6) is 0 Å². The zero-order valence-corrected chi connectivity index (χ0v) is 14.8. The van der Waals surface area contributed by atoms with Gasteiger partial charge >= 0.3 is 0 Å². The zero-order valence-electron chi connectivity index (χ0n) is 14.0. The molecule has 24 heavy (non-hydrogen) atoms. The van der Waals surface area contributed by atoms with E-state index in [0.29, 0.717) is 44.2 Å². The van der Waals surface area contributed by atoms with Gasteiger partial charge in [0.05, 0.1) is 10.6 Å². The van der Waals surface area contributed by atoms with Crippen LogP contribution in [-0.4, -0.2) is 58.0 Å². The van der Waals surface area contributed by atoms with Crippen molar-refractivity contribution in [2.75, 3.05) is 26.2 Å². The Morgan fingerprint density at radius 1 is 1.25 bits per heavy atom. The Hall–Kier alpha value is -2.15. The number of carbonyl (C=O) groups is 2. The Kier molecular flexibility index (Phi) is 4.99. The van der Waals surface area contributed by atoms with Crippen molar-refractivity contribution in [3.8, 4) is 10.6 Å². The number of hydrogen-bond donors (Lipinski definition) is 1. The third-order valence-electron chi connectivity index (χ3n) is 4.09. The minimum Gasteiger partial charge on any atom is -0.339 e. The third-order valence-corrected chi connectivity index (χ3v) is 4.99. The number of thiophene rings is 1. The first-order chi connectivity index (χ1) is 11.5. The fraction of sp³-hybridized carbons (Fsp3) is 0.471. The lowest BCUT2D eigenvalue weighted by Crippen LogP contribution is -2.50. The summed E-state index contributed by atoms with van der Waals surface area (Å²) in [5, 5.41) is 9.07. The van der Waals surface area contributed by atoms with Gasteiger partial charge in [0, 0.05) is 32.6 Å². The van der Waals surface area contributed by atoms with E-state index in [-0.39, 0.29) is 11.8 Å². The molecule has 0 aliphatic carbocycles. The van der Waals surface area contributed by atoms with Crippen molar-refractivity contribution in [2.24, 2.45) is 5.92 Å². The van der Waals surface area contributed by atoms with Crippen LogP contribution >= 0.6 is 11.3 Å². The molecule has 0 bridgehead atoms. The van der Waals surface area contributed by atoms with Gasteiger partial charge in [-0.3, -0.25) is 14.7 Å². The Bertz CT molecular complexity index is 700. The summed E-state index contributed by atoms with van der Waals surface area (Å²) >= 11 is 1.60. The van der Waals surface area contributed by atoms with Gasteiger partial charge in [0.2, 0.25) is 5.91 Å². The molecule has 0 spiro atoms. The second kappa shape index (κ2) is 7.17. The number of piperazine rings is 1. The molecule has 128 valence electrons. The molecule has 0 radical (unpaired) electrons. The monoisotopic (exact) mass is 346 g/mol. The van der Waals surface area contributed by atoms with Crippen LogP contribution in [0.3, 0.4) is 0 Å². The number of amides is 2. The molecule has 0 aromatic carbocycles. The summed E-state index contributed by atoms with van der Waals surface area (Å²) in [6.45, 7) is 6.40. The Balaban J connectivity index is 1.58. The number of nitrogens with zero attached hydrogens (tertiary/aromatic N) is 3. The van der Waals surface area contributed by atoms with E-state index in [9.17, 15) is 9.59 Å². The quantitative estimate of drug-likeness (QED) is 0.924. The fourth-order valence-corrected chi connectivity index (χ4v) is 3.48. The van der Waals surface area contributed by atoms with Gasteiger partial charge in [-0.25, -0.2) is 0 Å². The van der Waals surface area contributed by atoms with Gasteiger partial charge < -0.3 is 9.80 Å². The zero-order chi connectivity index (χ0) is 17.1. The molecule has 1 aliphatic rings. The summed E-state index contributed by atoms with van der Waals surface area (Å²) < 4.78 is 0. The number of hydrogen-bond acceptors (Lipinski definition) is 4. The van der Waals surface area contributed by atoms with E-state index in [1.54, 1.807) is 22.3 Å². The lowest BCUT2D eigenvalue weighted by molar-refractivity contribution is -0.133. The van der Waals surface area contributed by atoms with Gasteiger partial charge in [0.15, 0.2) is 5.69 Å².